The van der Waals surface area contributed by atoms with Gasteiger partial charge in [-0.1, -0.05) is 24.3 Å². The number of furan rings is 1. The van der Waals surface area contributed by atoms with Gasteiger partial charge in [-0.3, -0.25) is 9.59 Å². The molecule has 6 nitrogen and oxygen atoms in total. The average Bonchev–Trinajstić information content (AvgIpc) is 3.08. The van der Waals surface area contributed by atoms with Gasteiger partial charge < -0.3 is 13.6 Å². The van der Waals surface area contributed by atoms with Crippen LogP contribution in [0.1, 0.15) is 22.0 Å². The SMILES string of the molecule is O=C1Oc2ccccc2C(=O)C1c1cc2c(=O)oc3ccccc3c2o1. The van der Waals surface area contributed by atoms with E-state index in [0.717, 1.165) is 0 Å². The minimum Gasteiger partial charge on any atom is -0.459 e. The Morgan fingerprint density at radius 2 is 1.58 bits per heavy atom. The van der Waals surface area contributed by atoms with Crippen molar-refractivity contribution in [2.75, 3.05) is 0 Å². The highest BCUT2D eigenvalue weighted by Crippen LogP contribution is 2.36. The van der Waals surface area contributed by atoms with Gasteiger partial charge in [-0.05, 0) is 30.3 Å². The van der Waals surface area contributed by atoms with E-state index in [0.29, 0.717) is 16.5 Å². The monoisotopic (exact) mass is 346 g/mol. The summed E-state index contributed by atoms with van der Waals surface area (Å²) in [5.74, 6) is -2.13. The van der Waals surface area contributed by atoms with Crippen LogP contribution in [0, 0.1) is 0 Å². The van der Waals surface area contributed by atoms with Gasteiger partial charge in [0, 0.05) is 0 Å². The van der Waals surface area contributed by atoms with E-state index >= 15 is 0 Å². The molecule has 0 bridgehead atoms. The lowest BCUT2D eigenvalue weighted by Crippen LogP contribution is -2.31. The quantitative estimate of drug-likeness (QED) is 0.227. The summed E-state index contributed by atoms with van der Waals surface area (Å²) in [4.78, 5) is 37.4. The molecule has 2 aromatic heterocycles. The maximum absolute atomic E-state index is 12.8. The lowest BCUT2D eigenvalue weighted by molar-refractivity contribution is -0.135. The molecule has 1 aliphatic heterocycles. The molecule has 3 heterocycles. The Morgan fingerprint density at radius 3 is 2.46 bits per heavy atom. The van der Waals surface area contributed by atoms with E-state index in [1.165, 1.54) is 6.07 Å². The molecule has 26 heavy (non-hydrogen) atoms. The van der Waals surface area contributed by atoms with Crippen molar-refractivity contribution in [1.82, 2.24) is 0 Å². The van der Waals surface area contributed by atoms with Crippen molar-refractivity contribution in [3.8, 4) is 5.75 Å². The maximum Gasteiger partial charge on any atom is 0.347 e. The van der Waals surface area contributed by atoms with Gasteiger partial charge in [0.2, 0.25) is 0 Å². The van der Waals surface area contributed by atoms with Crippen LogP contribution in [0.4, 0.5) is 0 Å². The first-order valence-electron chi connectivity index (χ1n) is 7.94. The Morgan fingerprint density at radius 1 is 0.808 bits per heavy atom. The molecule has 0 N–H and O–H groups in total. The molecule has 0 saturated carbocycles. The van der Waals surface area contributed by atoms with Crippen molar-refractivity contribution in [1.29, 1.82) is 0 Å². The highest BCUT2D eigenvalue weighted by molar-refractivity contribution is 6.17. The number of rotatable bonds is 1. The number of Topliss-reactive ketones (excluding diaryl/α,β-unsaturated/α-hetero) is 1. The van der Waals surface area contributed by atoms with Crippen LogP contribution >= 0.6 is 0 Å². The van der Waals surface area contributed by atoms with E-state index < -0.39 is 23.3 Å². The van der Waals surface area contributed by atoms with Crippen molar-refractivity contribution < 1.29 is 23.2 Å². The lowest BCUT2D eigenvalue weighted by atomic mass is 9.92. The minimum atomic E-state index is -1.25. The zero-order valence-electron chi connectivity index (χ0n) is 13.2. The number of carbonyl (C=O) groups is 2. The molecular formula is C20H10O6. The molecule has 6 heteroatoms. The normalized spacial score (nSPS) is 16.7. The number of hydrogen-bond donors (Lipinski definition) is 0. The van der Waals surface area contributed by atoms with E-state index in [2.05, 4.69) is 0 Å². The van der Waals surface area contributed by atoms with Crippen LogP contribution in [0.25, 0.3) is 21.9 Å². The van der Waals surface area contributed by atoms with Gasteiger partial charge in [-0.2, -0.15) is 0 Å². The van der Waals surface area contributed by atoms with Gasteiger partial charge in [0.15, 0.2) is 17.3 Å². The van der Waals surface area contributed by atoms with Crippen molar-refractivity contribution in [3.05, 3.63) is 76.3 Å². The summed E-state index contributed by atoms with van der Waals surface area (Å²) >= 11 is 0. The summed E-state index contributed by atoms with van der Waals surface area (Å²) < 4.78 is 16.3. The molecule has 1 unspecified atom stereocenters. The summed E-state index contributed by atoms with van der Waals surface area (Å²) in [6.45, 7) is 0. The third kappa shape index (κ3) is 1.96. The number of para-hydroxylation sites is 2. The van der Waals surface area contributed by atoms with Crippen LogP contribution in [0.15, 0.2) is 68.2 Å². The van der Waals surface area contributed by atoms with Gasteiger partial charge in [0.05, 0.1) is 10.9 Å². The number of ketones is 1. The predicted octanol–water partition coefficient (Wildman–Crippen LogP) is 3.42. The van der Waals surface area contributed by atoms with Crippen molar-refractivity contribution in [2.24, 2.45) is 0 Å². The molecular weight excluding hydrogens is 336 g/mol. The number of carbonyl (C=O) groups excluding carboxylic acids is 2. The summed E-state index contributed by atoms with van der Waals surface area (Å²) in [7, 11) is 0. The minimum absolute atomic E-state index is 0.0631. The van der Waals surface area contributed by atoms with Crippen LogP contribution < -0.4 is 10.4 Å². The third-order valence-electron chi connectivity index (χ3n) is 4.45. The maximum atomic E-state index is 12.8. The number of benzene rings is 2. The second-order valence-electron chi connectivity index (χ2n) is 5.99. The molecule has 5 rings (SSSR count). The molecule has 4 aromatic rings. The Balaban J connectivity index is 1.74. The zero-order chi connectivity index (χ0) is 17.8. The first-order valence-corrected chi connectivity index (χ1v) is 7.94. The van der Waals surface area contributed by atoms with Crippen LogP contribution in [-0.4, -0.2) is 11.8 Å². The summed E-state index contributed by atoms with van der Waals surface area (Å²) in [5.41, 5.74) is 0.361. The summed E-state index contributed by atoms with van der Waals surface area (Å²) in [6, 6.07) is 14.8. The smallest absolute Gasteiger partial charge is 0.347 e. The van der Waals surface area contributed by atoms with E-state index in [1.54, 1.807) is 48.5 Å². The summed E-state index contributed by atoms with van der Waals surface area (Å²) in [5, 5.41) is 0.767. The highest BCUT2D eigenvalue weighted by Gasteiger charge is 2.40. The molecule has 0 amide bonds. The fourth-order valence-electron chi connectivity index (χ4n) is 3.24. The molecule has 0 saturated heterocycles. The fraction of sp³-hybridized carbons (Fsp3) is 0.0500. The van der Waals surface area contributed by atoms with E-state index in [1.807, 2.05) is 0 Å². The molecule has 2 aromatic carbocycles. The number of fused-ring (bicyclic) bond motifs is 4. The standard InChI is InChI=1S/C20H10O6/c21-17-10-5-1-3-7-13(10)26-20(23)16(17)15-9-12-18(24-15)11-6-2-4-8-14(11)25-19(12)22/h1-9,16H. The number of esters is 1. The lowest BCUT2D eigenvalue weighted by Gasteiger charge is -2.20. The highest BCUT2D eigenvalue weighted by atomic mass is 16.5. The average molecular weight is 346 g/mol. The van der Waals surface area contributed by atoms with Gasteiger partial charge in [-0.15, -0.1) is 0 Å². The van der Waals surface area contributed by atoms with Crippen molar-refractivity contribution >= 4 is 33.7 Å². The largest absolute Gasteiger partial charge is 0.459 e. The van der Waals surface area contributed by atoms with Crippen molar-refractivity contribution in [2.45, 2.75) is 5.92 Å². The van der Waals surface area contributed by atoms with Crippen molar-refractivity contribution in [3.63, 3.8) is 0 Å². The molecule has 0 aliphatic carbocycles. The van der Waals surface area contributed by atoms with Gasteiger partial charge in [0.25, 0.3) is 0 Å². The Kier molecular flexibility index (Phi) is 2.91. The Labute approximate surface area is 145 Å². The second kappa shape index (κ2) is 5.16. The van der Waals surface area contributed by atoms with Crippen LogP contribution in [0.5, 0.6) is 5.75 Å². The van der Waals surface area contributed by atoms with Crippen LogP contribution in [-0.2, 0) is 4.79 Å². The number of hydrogen-bond acceptors (Lipinski definition) is 6. The van der Waals surface area contributed by atoms with E-state index in [-0.39, 0.29) is 22.5 Å². The first-order chi connectivity index (χ1) is 12.6. The van der Waals surface area contributed by atoms with Gasteiger partial charge in [-0.25, -0.2) is 4.79 Å². The second-order valence-corrected chi connectivity index (χ2v) is 5.99. The fourth-order valence-corrected chi connectivity index (χ4v) is 3.24. The summed E-state index contributed by atoms with van der Waals surface area (Å²) in [6.07, 6.45) is 0. The molecule has 126 valence electrons. The molecule has 0 spiro atoms. The topological polar surface area (TPSA) is 86.7 Å². The molecule has 0 radical (unpaired) electrons. The number of ether oxygens (including phenoxy) is 1. The predicted molar refractivity (Wildman–Crippen MR) is 91.4 cm³/mol. The molecule has 1 atom stereocenters. The van der Waals surface area contributed by atoms with Crippen LogP contribution in [0.3, 0.4) is 0 Å². The first kappa shape index (κ1) is 14.7. The van der Waals surface area contributed by atoms with E-state index in [4.69, 9.17) is 13.6 Å². The Hall–Kier alpha value is -3.67. The molecule has 1 aliphatic rings. The molecule has 0 fully saturated rings. The van der Waals surface area contributed by atoms with Gasteiger partial charge >= 0.3 is 11.6 Å². The van der Waals surface area contributed by atoms with Gasteiger partial charge in [0.1, 0.15) is 22.5 Å². The van der Waals surface area contributed by atoms with Crippen LogP contribution in [0.2, 0.25) is 0 Å². The third-order valence-corrected chi connectivity index (χ3v) is 4.45. The van der Waals surface area contributed by atoms with E-state index in [9.17, 15) is 14.4 Å². The zero-order valence-corrected chi connectivity index (χ0v) is 13.2. The Bertz CT molecular complexity index is 1280.